The van der Waals surface area contributed by atoms with Crippen LogP contribution in [0.3, 0.4) is 0 Å². The molecule has 2 unspecified atom stereocenters. The van der Waals surface area contributed by atoms with Gasteiger partial charge in [0.1, 0.15) is 0 Å². The summed E-state index contributed by atoms with van der Waals surface area (Å²) in [5.74, 6) is 0.582. The van der Waals surface area contributed by atoms with Gasteiger partial charge in [-0.15, -0.1) is 12.4 Å². The molecular weight excluding hydrogens is 248 g/mol. The highest BCUT2D eigenvalue weighted by Crippen LogP contribution is 2.25. The average molecular weight is 271 g/mol. The van der Waals surface area contributed by atoms with E-state index in [0.717, 1.165) is 32.1 Å². The second-order valence-electron chi connectivity index (χ2n) is 4.32. The highest BCUT2D eigenvalue weighted by Gasteiger charge is 2.29. The maximum atomic E-state index is 11.7. The standard InChI is InChI=1S/C10H22N2O2S.ClH/c1-2-3-7-15(13,14)12-10-6-4-5-9(10)8-11;/h9-10,12H,2-8,11H2,1H3;1H. The van der Waals surface area contributed by atoms with Gasteiger partial charge in [0.2, 0.25) is 10.0 Å². The van der Waals surface area contributed by atoms with Crippen LogP contribution in [0.5, 0.6) is 0 Å². The van der Waals surface area contributed by atoms with Gasteiger partial charge in [-0.25, -0.2) is 13.1 Å². The molecule has 6 heteroatoms. The van der Waals surface area contributed by atoms with Crippen LogP contribution in [0.15, 0.2) is 0 Å². The van der Waals surface area contributed by atoms with Crippen LogP contribution >= 0.6 is 12.4 Å². The highest BCUT2D eigenvalue weighted by atomic mass is 35.5. The molecule has 98 valence electrons. The molecule has 16 heavy (non-hydrogen) atoms. The maximum Gasteiger partial charge on any atom is 0.211 e. The van der Waals surface area contributed by atoms with Crippen molar-refractivity contribution in [1.29, 1.82) is 0 Å². The van der Waals surface area contributed by atoms with Crippen LogP contribution in [0.4, 0.5) is 0 Å². The van der Waals surface area contributed by atoms with Crippen molar-refractivity contribution in [2.45, 2.75) is 45.1 Å². The zero-order valence-corrected chi connectivity index (χ0v) is 11.4. The third kappa shape index (κ3) is 4.99. The van der Waals surface area contributed by atoms with E-state index in [1.807, 2.05) is 6.92 Å². The second-order valence-corrected chi connectivity index (χ2v) is 6.20. The Morgan fingerprint density at radius 3 is 2.62 bits per heavy atom. The molecule has 1 aliphatic carbocycles. The molecule has 2 atom stereocenters. The van der Waals surface area contributed by atoms with Crippen molar-refractivity contribution in [3.8, 4) is 0 Å². The van der Waals surface area contributed by atoms with E-state index in [1.54, 1.807) is 0 Å². The molecule has 4 nitrogen and oxygen atoms in total. The second kappa shape index (κ2) is 7.48. The summed E-state index contributed by atoms with van der Waals surface area (Å²) in [4.78, 5) is 0. The van der Waals surface area contributed by atoms with Crippen molar-refractivity contribution in [2.75, 3.05) is 12.3 Å². The number of nitrogens with two attached hydrogens (primary N) is 1. The zero-order valence-electron chi connectivity index (χ0n) is 9.81. The van der Waals surface area contributed by atoms with Gasteiger partial charge in [0.15, 0.2) is 0 Å². The molecule has 1 rings (SSSR count). The highest BCUT2D eigenvalue weighted by molar-refractivity contribution is 7.89. The number of hydrogen-bond donors (Lipinski definition) is 2. The minimum atomic E-state index is -3.08. The summed E-state index contributed by atoms with van der Waals surface area (Å²) in [5.41, 5.74) is 5.61. The number of sulfonamides is 1. The van der Waals surface area contributed by atoms with Crippen LogP contribution in [0.1, 0.15) is 39.0 Å². The summed E-state index contributed by atoms with van der Waals surface area (Å²) in [6, 6.07) is 0.0804. The predicted molar refractivity (Wildman–Crippen MR) is 69.3 cm³/mol. The minimum Gasteiger partial charge on any atom is -0.330 e. The molecule has 1 fully saturated rings. The first-order valence-corrected chi connectivity index (χ1v) is 7.44. The van der Waals surface area contributed by atoms with Gasteiger partial charge in [-0.05, 0) is 31.7 Å². The molecule has 0 aromatic carbocycles. The fraction of sp³-hybridized carbons (Fsp3) is 1.00. The number of nitrogens with one attached hydrogen (secondary N) is 1. The van der Waals surface area contributed by atoms with Gasteiger partial charge < -0.3 is 5.73 Å². The van der Waals surface area contributed by atoms with E-state index in [9.17, 15) is 8.42 Å². The smallest absolute Gasteiger partial charge is 0.211 e. The molecule has 0 radical (unpaired) electrons. The first kappa shape index (κ1) is 16.2. The Kier molecular flexibility index (Phi) is 7.55. The van der Waals surface area contributed by atoms with Gasteiger partial charge in [0, 0.05) is 6.04 Å². The Bertz CT molecular complexity index is 283. The molecule has 0 spiro atoms. The molecule has 1 saturated carbocycles. The van der Waals surface area contributed by atoms with Crippen LogP contribution in [-0.2, 0) is 10.0 Å². The normalized spacial score (nSPS) is 25.4. The fourth-order valence-corrected chi connectivity index (χ4v) is 3.66. The van der Waals surface area contributed by atoms with E-state index in [4.69, 9.17) is 5.73 Å². The summed E-state index contributed by atoms with van der Waals surface area (Å²) >= 11 is 0. The van der Waals surface area contributed by atoms with Crippen molar-refractivity contribution in [3.63, 3.8) is 0 Å². The van der Waals surface area contributed by atoms with E-state index >= 15 is 0 Å². The lowest BCUT2D eigenvalue weighted by atomic mass is 10.1. The molecule has 0 saturated heterocycles. The van der Waals surface area contributed by atoms with Gasteiger partial charge in [0.05, 0.1) is 5.75 Å². The lowest BCUT2D eigenvalue weighted by molar-refractivity contribution is 0.452. The number of rotatable bonds is 6. The van der Waals surface area contributed by atoms with Gasteiger partial charge in [-0.2, -0.15) is 0 Å². The van der Waals surface area contributed by atoms with Gasteiger partial charge in [0.25, 0.3) is 0 Å². The Morgan fingerprint density at radius 2 is 2.06 bits per heavy atom. The van der Waals surface area contributed by atoms with Gasteiger partial charge >= 0.3 is 0 Å². The molecular formula is C10H23ClN2O2S. The van der Waals surface area contributed by atoms with Crippen LogP contribution in [-0.4, -0.2) is 26.8 Å². The van der Waals surface area contributed by atoms with Crippen molar-refractivity contribution in [1.82, 2.24) is 4.72 Å². The van der Waals surface area contributed by atoms with E-state index in [1.165, 1.54) is 0 Å². The monoisotopic (exact) mass is 270 g/mol. The third-order valence-electron chi connectivity index (χ3n) is 3.06. The summed E-state index contributed by atoms with van der Waals surface area (Å²) in [5, 5.41) is 0. The van der Waals surface area contributed by atoms with Gasteiger partial charge in [-0.1, -0.05) is 19.8 Å². The first-order valence-electron chi connectivity index (χ1n) is 5.79. The van der Waals surface area contributed by atoms with Crippen LogP contribution < -0.4 is 10.5 Å². The summed E-state index contributed by atoms with van der Waals surface area (Å²) in [6.07, 6.45) is 4.72. The molecule has 3 N–H and O–H groups in total. The van der Waals surface area contributed by atoms with Crippen molar-refractivity contribution in [2.24, 2.45) is 11.7 Å². The molecule has 0 aromatic heterocycles. The Balaban J connectivity index is 0.00000225. The number of hydrogen-bond acceptors (Lipinski definition) is 3. The summed E-state index contributed by atoms with van der Waals surface area (Å²) < 4.78 is 26.1. The van der Waals surface area contributed by atoms with Gasteiger partial charge in [-0.3, -0.25) is 0 Å². The van der Waals surface area contributed by atoms with Crippen LogP contribution in [0, 0.1) is 5.92 Å². The summed E-state index contributed by atoms with van der Waals surface area (Å²) in [7, 11) is -3.08. The summed E-state index contributed by atoms with van der Waals surface area (Å²) in [6.45, 7) is 2.58. The molecule has 0 bridgehead atoms. The van der Waals surface area contributed by atoms with E-state index < -0.39 is 10.0 Å². The largest absolute Gasteiger partial charge is 0.330 e. The Morgan fingerprint density at radius 1 is 1.38 bits per heavy atom. The van der Waals surface area contributed by atoms with Crippen molar-refractivity contribution < 1.29 is 8.42 Å². The lowest BCUT2D eigenvalue weighted by Gasteiger charge is -2.19. The topological polar surface area (TPSA) is 72.2 Å². The molecule has 1 aliphatic rings. The molecule has 0 amide bonds. The number of unbranched alkanes of at least 4 members (excludes halogenated alkanes) is 1. The van der Waals surface area contributed by atoms with E-state index in [-0.39, 0.29) is 24.2 Å². The van der Waals surface area contributed by atoms with Crippen LogP contribution in [0.2, 0.25) is 0 Å². The Hall–Kier alpha value is 0.160. The number of halogens is 1. The minimum absolute atomic E-state index is 0. The zero-order chi connectivity index (χ0) is 11.3. The fourth-order valence-electron chi connectivity index (χ4n) is 2.10. The molecule has 0 aromatic rings. The SMILES string of the molecule is CCCCS(=O)(=O)NC1CCCC1CN.Cl. The quantitative estimate of drug-likeness (QED) is 0.763. The lowest BCUT2D eigenvalue weighted by Crippen LogP contribution is -2.40. The average Bonchev–Trinajstić information content (AvgIpc) is 2.61. The molecule has 0 aliphatic heterocycles. The molecule has 0 heterocycles. The van der Waals surface area contributed by atoms with E-state index in [0.29, 0.717) is 12.5 Å². The van der Waals surface area contributed by atoms with Crippen molar-refractivity contribution in [3.05, 3.63) is 0 Å². The van der Waals surface area contributed by atoms with Crippen molar-refractivity contribution >= 4 is 22.4 Å². The third-order valence-corrected chi connectivity index (χ3v) is 4.55. The Labute approximate surface area is 105 Å². The maximum absolute atomic E-state index is 11.7. The van der Waals surface area contributed by atoms with E-state index in [2.05, 4.69) is 4.72 Å². The first-order chi connectivity index (χ1) is 7.09. The predicted octanol–water partition coefficient (Wildman–Crippen LogP) is 1.26. The van der Waals surface area contributed by atoms with Crippen LogP contribution in [0.25, 0.3) is 0 Å².